The molecule has 1 N–H and O–H groups in total. The normalized spacial score (nSPS) is 15.2. The van der Waals surface area contributed by atoms with Gasteiger partial charge in [0.05, 0.1) is 6.54 Å². The molecule has 0 bridgehead atoms. The average molecular weight is 213 g/mol. The van der Waals surface area contributed by atoms with E-state index in [9.17, 15) is 0 Å². The first-order chi connectivity index (χ1) is 7.92. The highest BCUT2D eigenvalue weighted by Crippen LogP contribution is 2.23. The average Bonchev–Trinajstić information content (AvgIpc) is 3.05. The largest absolute Gasteiger partial charge is 0.460 e. The van der Waals surface area contributed by atoms with Gasteiger partial charge >= 0.3 is 0 Å². The molecule has 2 nitrogen and oxygen atoms in total. The lowest BCUT2D eigenvalue weighted by Crippen LogP contribution is -2.14. The molecule has 0 atom stereocenters. The summed E-state index contributed by atoms with van der Waals surface area (Å²) in [6, 6.07) is 15.0. The van der Waals surface area contributed by atoms with E-state index in [0.29, 0.717) is 0 Å². The van der Waals surface area contributed by atoms with Crippen LogP contribution in [-0.2, 0) is 6.54 Å². The fourth-order valence-corrected chi connectivity index (χ4v) is 1.76. The van der Waals surface area contributed by atoms with Crippen molar-refractivity contribution in [2.45, 2.75) is 25.4 Å². The van der Waals surface area contributed by atoms with E-state index in [1.165, 1.54) is 12.8 Å². The number of hydrogen-bond acceptors (Lipinski definition) is 2. The smallest absolute Gasteiger partial charge is 0.134 e. The number of hydrogen-bond donors (Lipinski definition) is 1. The van der Waals surface area contributed by atoms with Gasteiger partial charge in [0.25, 0.3) is 0 Å². The molecule has 0 spiro atoms. The van der Waals surface area contributed by atoms with Gasteiger partial charge in [0.1, 0.15) is 11.5 Å². The Balaban J connectivity index is 1.71. The molecule has 1 fully saturated rings. The summed E-state index contributed by atoms with van der Waals surface area (Å²) < 4.78 is 5.79. The van der Waals surface area contributed by atoms with E-state index >= 15 is 0 Å². The van der Waals surface area contributed by atoms with Crippen LogP contribution in [0.4, 0.5) is 0 Å². The Morgan fingerprint density at radius 2 is 1.88 bits per heavy atom. The van der Waals surface area contributed by atoms with Crippen molar-refractivity contribution < 1.29 is 4.42 Å². The van der Waals surface area contributed by atoms with E-state index in [2.05, 4.69) is 23.5 Å². The Hall–Kier alpha value is -1.54. The Labute approximate surface area is 95.3 Å². The molecule has 2 aromatic rings. The predicted octanol–water partition coefficient (Wildman–Crippen LogP) is 3.20. The van der Waals surface area contributed by atoms with Gasteiger partial charge in [-0.25, -0.2) is 0 Å². The minimum absolute atomic E-state index is 0.727. The zero-order valence-electron chi connectivity index (χ0n) is 9.15. The fourth-order valence-electron chi connectivity index (χ4n) is 1.76. The van der Waals surface area contributed by atoms with Gasteiger partial charge in [0.15, 0.2) is 0 Å². The number of benzene rings is 1. The number of rotatable bonds is 4. The van der Waals surface area contributed by atoms with Gasteiger partial charge < -0.3 is 9.73 Å². The molecular weight excluding hydrogens is 198 g/mol. The van der Waals surface area contributed by atoms with Gasteiger partial charge in [-0.3, -0.25) is 0 Å². The zero-order valence-corrected chi connectivity index (χ0v) is 9.15. The molecule has 0 amide bonds. The van der Waals surface area contributed by atoms with Gasteiger partial charge in [-0.2, -0.15) is 0 Å². The van der Waals surface area contributed by atoms with Crippen molar-refractivity contribution >= 4 is 0 Å². The van der Waals surface area contributed by atoms with Crippen LogP contribution in [0.3, 0.4) is 0 Å². The molecule has 0 saturated heterocycles. The van der Waals surface area contributed by atoms with Crippen molar-refractivity contribution in [1.29, 1.82) is 0 Å². The van der Waals surface area contributed by atoms with E-state index in [0.717, 1.165) is 29.7 Å². The third-order valence-electron chi connectivity index (χ3n) is 2.86. The van der Waals surface area contributed by atoms with Gasteiger partial charge in [0, 0.05) is 11.6 Å². The summed E-state index contributed by atoms with van der Waals surface area (Å²) in [6.07, 6.45) is 2.62. The van der Waals surface area contributed by atoms with Crippen molar-refractivity contribution in [1.82, 2.24) is 5.32 Å². The Kier molecular flexibility index (Phi) is 2.50. The van der Waals surface area contributed by atoms with Crippen LogP contribution in [0, 0.1) is 0 Å². The van der Waals surface area contributed by atoms with E-state index in [1.807, 2.05) is 24.3 Å². The summed E-state index contributed by atoms with van der Waals surface area (Å²) in [5.74, 6) is 1.97. The maximum absolute atomic E-state index is 5.79. The second-order valence-corrected chi connectivity index (χ2v) is 4.29. The molecule has 1 heterocycles. The van der Waals surface area contributed by atoms with Crippen molar-refractivity contribution in [3.05, 3.63) is 48.2 Å². The molecule has 16 heavy (non-hydrogen) atoms. The molecular formula is C14H15NO. The SMILES string of the molecule is c1ccc(-c2ccc(CNC3CC3)o2)cc1. The van der Waals surface area contributed by atoms with Gasteiger partial charge in [0.2, 0.25) is 0 Å². The predicted molar refractivity (Wildman–Crippen MR) is 64.0 cm³/mol. The molecule has 1 saturated carbocycles. The minimum atomic E-state index is 0.727. The van der Waals surface area contributed by atoms with Gasteiger partial charge in [-0.15, -0.1) is 0 Å². The van der Waals surface area contributed by atoms with Crippen LogP contribution in [-0.4, -0.2) is 6.04 Å². The first-order valence-corrected chi connectivity index (χ1v) is 5.79. The molecule has 82 valence electrons. The second kappa shape index (κ2) is 4.14. The van der Waals surface area contributed by atoms with E-state index in [4.69, 9.17) is 4.42 Å². The standard InChI is InChI=1S/C14H15NO/c1-2-4-11(5-3-1)14-9-8-13(16-14)10-15-12-6-7-12/h1-5,8-9,12,15H,6-7,10H2. The number of nitrogens with one attached hydrogen (secondary N) is 1. The van der Waals surface area contributed by atoms with Crippen LogP contribution in [0.1, 0.15) is 18.6 Å². The summed E-state index contributed by atoms with van der Waals surface area (Å²) in [6.45, 7) is 0.845. The highest BCUT2D eigenvalue weighted by atomic mass is 16.3. The highest BCUT2D eigenvalue weighted by molar-refractivity contribution is 5.57. The summed E-state index contributed by atoms with van der Waals surface area (Å²) in [5, 5.41) is 3.44. The molecule has 2 heteroatoms. The molecule has 1 aromatic heterocycles. The van der Waals surface area contributed by atoms with Crippen LogP contribution < -0.4 is 5.32 Å². The third kappa shape index (κ3) is 2.17. The van der Waals surface area contributed by atoms with Crippen molar-refractivity contribution in [2.75, 3.05) is 0 Å². The van der Waals surface area contributed by atoms with E-state index in [1.54, 1.807) is 0 Å². The molecule has 0 radical (unpaired) electrons. The first-order valence-electron chi connectivity index (χ1n) is 5.79. The van der Waals surface area contributed by atoms with Crippen molar-refractivity contribution in [3.63, 3.8) is 0 Å². The molecule has 0 aliphatic heterocycles. The van der Waals surface area contributed by atoms with Crippen LogP contribution >= 0.6 is 0 Å². The fraction of sp³-hybridized carbons (Fsp3) is 0.286. The quantitative estimate of drug-likeness (QED) is 0.843. The topological polar surface area (TPSA) is 25.2 Å². The molecule has 1 aliphatic carbocycles. The molecule has 1 aliphatic rings. The lowest BCUT2D eigenvalue weighted by molar-refractivity contribution is 0.492. The van der Waals surface area contributed by atoms with Gasteiger partial charge in [-0.1, -0.05) is 30.3 Å². The van der Waals surface area contributed by atoms with Crippen LogP contribution in [0.5, 0.6) is 0 Å². The lowest BCUT2D eigenvalue weighted by Gasteiger charge is -1.99. The molecule has 0 unspecified atom stereocenters. The molecule has 3 rings (SSSR count). The zero-order chi connectivity index (χ0) is 10.8. The third-order valence-corrected chi connectivity index (χ3v) is 2.86. The number of furan rings is 1. The Morgan fingerprint density at radius 3 is 2.62 bits per heavy atom. The Bertz CT molecular complexity index is 457. The van der Waals surface area contributed by atoms with Crippen LogP contribution in [0.15, 0.2) is 46.9 Å². The maximum atomic E-state index is 5.79. The van der Waals surface area contributed by atoms with Crippen molar-refractivity contribution in [2.24, 2.45) is 0 Å². The van der Waals surface area contributed by atoms with Crippen molar-refractivity contribution in [3.8, 4) is 11.3 Å². The highest BCUT2D eigenvalue weighted by Gasteiger charge is 2.20. The van der Waals surface area contributed by atoms with E-state index < -0.39 is 0 Å². The van der Waals surface area contributed by atoms with Gasteiger partial charge in [-0.05, 0) is 25.0 Å². The molecule has 1 aromatic carbocycles. The summed E-state index contributed by atoms with van der Waals surface area (Å²) in [7, 11) is 0. The maximum Gasteiger partial charge on any atom is 0.134 e. The second-order valence-electron chi connectivity index (χ2n) is 4.29. The first kappa shape index (κ1) is 9.67. The van der Waals surface area contributed by atoms with E-state index in [-0.39, 0.29) is 0 Å². The summed E-state index contributed by atoms with van der Waals surface area (Å²) in [5.41, 5.74) is 1.14. The summed E-state index contributed by atoms with van der Waals surface area (Å²) >= 11 is 0. The summed E-state index contributed by atoms with van der Waals surface area (Å²) in [4.78, 5) is 0. The Morgan fingerprint density at radius 1 is 1.06 bits per heavy atom. The van der Waals surface area contributed by atoms with Crippen LogP contribution in [0.2, 0.25) is 0 Å². The minimum Gasteiger partial charge on any atom is -0.460 e. The lowest BCUT2D eigenvalue weighted by atomic mass is 10.2. The monoisotopic (exact) mass is 213 g/mol. The van der Waals surface area contributed by atoms with Crippen LogP contribution in [0.25, 0.3) is 11.3 Å².